The van der Waals surface area contributed by atoms with Crippen molar-refractivity contribution in [1.82, 2.24) is 0 Å². The van der Waals surface area contributed by atoms with Gasteiger partial charge in [-0.05, 0) is 19.1 Å². The van der Waals surface area contributed by atoms with Gasteiger partial charge >= 0.3 is 5.97 Å². The van der Waals surface area contributed by atoms with Crippen LogP contribution in [0.4, 0.5) is 11.4 Å². The molecule has 0 aliphatic rings. The highest BCUT2D eigenvalue weighted by atomic mass is 16.5. The van der Waals surface area contributed by atoms with Crippen LogP contribution in [0.5, 0.6) is 5.75 Å². The highest BCUT2D eigenvalue weighted by molar-refractivity contribution is 5.81. The molecule has 1 aromatic carbocycles. The van der Waals surface area contributed by atoms with Crippen LogP contribution >= 0.6 is 0 Å². The maximum absolute atomic E-state index is 11.2. The van der Waals surface area contributed by atoms with Gasteiger partial charge in [-0.15, -0.1) is 0 Å². The Balaban J connectivity index is 2.78. The van der Waals surface area contributed by atoms with Gasteiger partial charge in [0, 0.05) is 6.07 Å². The van der Waals surface area contributed by atoms with Crippen LogP contribution in [0, 0.1) is 0 Å². The molecule has 1 atom stereocenters. The number of carbonyl (C=O) groups is 1. The first-order chi connectivity index (χ1) is 7.58. The number of hydrogen-bond acceptors (Lipinski definition) is 5. The zero-order valence-corrected chi connectivity index (χ0v) is 9.61. The molecule has 0 spiro atoms. The second-order valence-electron chi connectivity index (χ2n) is 3.34. The van der Waals surface area contributed by atoms with Crippen molar-refractivity contribution in [3.8, 4) is 5.75 Å². The SMILES string of the molecule is COC(=O)C(C)Nc1ccc(OC)cc1N. The van der Waals surface area contributed by atoms with Crippen molar-refractivity contribution in [3.63, 3.8) is 0 Å². The summed E-state index contributed by atoms with van der Waals surface area (Å²) in [6.45, 7) is 1.70. The minimum absolute atomic E-state index is 0.338. The van der Waals surface area contributed by atoms with Crippen LogP contribution in [0.15, 0.2) is 18.2 Å². The molecule has 0 aliphatic heterocycles. The van der Waals surface area contributed by atoms with Crippen molar-refractivity contribution >= 4 is 17.3 Å². The monoisotopic (exact) mass is 224 g/mol. The van der Waals surface area contributed by atoms with Crippen molar-refractivity contribution in [2.45, 2.75) is 13.0 Å². The molecule has 1 aromatic rings. The first-order valence-corrected chi connectivity index (χ1v) is 4.86. The number of nitrogen functional groups attached to an aromatic ring is 1. The smallest absolute Gasteiger partial charge is 0.327 e. The van der Waals surface area contributed by atoms with E-state index >= 15 is 0 Å². The molecule has 0 bridgehead atoms. The zero-order chi connectivity index (χ0) is 12.1. The summed E-state index contributed by atoms with van der Waals surface area (Å²) in [6, 6.07) is 4.77. The number of esters is 1. The van der Waals surface area contributed by atoms with Crippen LogP contribution < -0.4 is 15.8 Å². The van der Waals surface area contributed by atoms with Crippen molar-refractivity contribution < 1.29 is 14.3 Å². The lowest BCUT2D eigenvalue weighted by molar-refractivity contribution is -0.141. The van der Waals surface area contributed by atoms with E-state index in [1.807, 2.05) is 0 Å². The van der Waals surface area contributed by atoms with Crippen LogP contribution in [0.25, 0.3) is 0 Å². The Labute approximate surface area is 94.5 Å². The third kappa shape index (κ3) is 2.79. The van der Waals surface area contributed by atoms with Crippen LogP contribution in [0.2, 0.25) is 0 Å². The Kier molecular flexibility index (Phi) is 3.99. The molecule has 3 N–H and O–H groups in total. The molecule has 1 unspecified atom stereocenters. The summed E-state index contributed by atoms with van der Waals surface area (Å²) in [4.78, 5) is 11.2. The Hall–Kier alpha value is -1.91. The Morgan fingerprint density at radius 3 is 2.62 bits per heavy atom. The molecule has 0 aliphatic carbocycles. The number of rotatable bonds is 4. The summed E-state index contributed by atoms with van der Waals surface area (Å²) in [5.41, 5.74) is 6.99. The molecule has 0 amide bonds. The van der Waals surface area contributed by atoms with E-state index in [1.165, 1.54) is 7.11 Å². The third-order valence-corrected chi connectivity index (χ3v) is 2.19. The van der Waals surface area contributed by atoms with Crippen LogP contribution in [-0.4, -0.2) is 26.2 Å². The number of benzene rings is 1. The van der Waals surface area contributed by atoms with Gasteiger partial charge in [0.25, 0.3) is 0 Å². The highest BCUT2D eigenvalue weighted by Crippen LogP contribution is 2.24. The Morgan fingerprint density at radius 2 is 2.12 bits per heavy atom. The van der Waals surface area contributed by atoms with Crippen LogP contribution in [-0.2, 0) is 9.53 Å². The molecular formula is C11H16N2O3. The van der Waals surface area contributed by atoms with Gasteiger partial charge in [-0.2, -0.15) is 0 Å². The fourth-order valence-corrected chi connectivity index (χ4v) is 1.27. The van der Waals surface area contributed by atoms with Crippen LogP contribution in [0.3, 0.4) is 0 Å². The fourth-order valence-electron chi connectivity index (χ4n) is 1.27. The molecule has 0 saturated heterocycles. The van der Waals surface area contributed by atoms with Gasteiger partial charge in [-0.1, -0.05) is 0 Å². The lowest BCUT2D eigenvalue weighted by atomic mass is 10.2. The summed E-state index contributed by atoms with van der Waals surface area (Å²) < 4.78 is 9.63. The topological polar surface area (TPSA) is 73.6 Å². The molecule has 1 rings (SSSR count). The van der Waals surface area contributed by atoms with E-state index in [1.54, 1.807) is 32.2 Å². The second-order valence-corrected chi connectivity index (χ2v) is 3.34. The quantitative estimate of drug-likeness (QED) is 0.594. The molecular weight excluding hydrogens is 208 g/mol. The van der Waals surface area contributed by atoms with E-state index in [9.17, 15) is 4.79 Å². The van der Waals surface area contributed by atoms with Crippen molar-refractivity contribution in [2.24, 2.45) is 0 Å². The van der Waals surface area contributed by atoms with E-state index < -0.39 is 6.04 Å². The maximum atomic E-state index is 11.2. The number of carbonyl (C=O) groups excluding carboxylic acids is 1. The number of nitrogens with one attached hydrogen (secondary N) is 1. The minimum atomic E-state index is -0.444. The first kappa shape index (κ1) is 12.2. The van der Waals surface area contributed by atoms with Gasteiger partial charge in [0.05, 0.1) is 25.6 Å². The average molecular weight is 224 g/mol. The van der Waals surface area contributed by atoms with Gasteiger partial charge in [0.15, 0.2) is 0 Å². The summed E-state index contributed by atoms with van der Waals surface area (Å²) >= 11 is 0. The largest absolute Gasteiger partial charge is 0.497 e. The zero-order valence-electron chi connectivity index (χ0n) is 9.61. The van der Waals surface area contributed by atoms with Gasteiger partial charge in [-0.3, -0.25) is 0 Å². The highest BCUT2D eigenvalue weighted by Gasteiger charge is 2.13. The molecule has 0 aromatic heterocycles. The molecule has 0 saturated carbocycles. The third-order valence-electron chi connectivity index (χ3n) is 2.19. The number of nitrogens with two attached hydrogens (primary N) is 1. The molecule has 16 heavy (non-hydrogen) atoms. The Bertz CT molecular complexity index is 379. The normalized spacial score (nSPS) is 11.7. The first-order valence-electron chi connectivity index (χ1n) is 4.86. The predicted octanol–water partition coefficient (Wildman–Crippen LogP) is 1.25. The maximum Gasteiger partial charge on any atom is 0.327 e. The standard InChI is InChI=1S/C11H16N2O3/c1-7(11(14)16-3)13-10-5-4-8(15-2)6-9(10)12/h4-7,13H,12H2,1-3H3. The lowest BCUT2D eigenvalue weighted by Crippen LogP contribution is -2.27. The molecule has 88 valence electrons. The molecule has 0 fully saturated rings. The number of ether oxygens (including phenoxy) is 2. The lowest BCUT2D eigenvalue weighted by Gasteiger charge is -2.15. The summed E-state index contributed by atoms with van der Waals surface area (Å²) in [5.74, 6) is 0.337. The minimum Gasteiger partial charge on any atom is -0.497 e. The molecule has 5 heteroatoms. The van der Waals surface area contributed by atoms with Gasteiger partial charge in [0.1, 0.15) is 11.8 Å². The van der Waals surface area contributed by atoms with Gasteiger partial charge < -0.3 is 20.5 Å². The average Bonchev–Trinajstić information content (AvgIpc) is 2.30. The predicted molar refractivity (Wildman–Crippen MR) is 62.5 cm³/mol. The molecule has 0 heterocycles. The van der Waals surface area contributed by atoms with E-state index in [0.717, 1.165) is 0 Å². The van der Waals surface area contributed by atoms with Crippen molar-refractivity contribution in [3.05, 3.63) is 18.2 Å². The van der Waals surface area contributed by atoms with E-state index in [2.05, 4.69) is 10.1 Å². The van der Waals surface area contributed by atoms with E-state index in [0.29, 0.717) is 17.1 Å². The number of hydrogen-bond donors (Lipinski definition) is 2. The molecule has 0 radical (unpaired) electrons. The van der Waals surface area contributed by atoms with Crippen molar-refractivity contribution in [1.29, 1.82) is 0 Å². The van der Waals surface area contributed by atoms with Gasteiger partial charge in [0.2, 0.25) is 0 Å². The van der Waals surface area contributed by atoms with Crippen LogP contribution in [0.1, 0.15) is 6.92 Å². The summed E-state index contributed by atoms with van der Waals surface area (Å²) in [5, 5.41) is 2.96. The molecule has 5 nitrogen and oxygen atoms in total. The van der Waals surface area contributed by atoms with E-state index in [-0.39, 0.29) is 5.97 Å². The number of methoxy groups -OCH3 is 2. The number of anilines is 2. The fraction of sp³-hybridized carbons (Fsp3) is 0.364. The van der Waals surface area contributed by atoms with Gasteiger partial charge in [-0.25, -0.2) is 4.79 Å². The second kappa shape index (κ2) is 5.25. The summed E-state index contributed by atoms with van der Waals surface area (Å²) in [7, 11) is 2.91. The summed E-state index contributed by atoms with van der Waals surface area (Å²) in [6.07, 6.45) is 0. The van der Waals surface area contributed by atoms with E-state index in [4.69, 9.17) is 10.5 Å². The Morgan fingerprint density at radius 1 is 1.44 bits per heavy atom. The van der Waals surface area contributed by atoms with Crippen molar-refractivity contribution in [2.75, 3.05) is 25.3 Å².